The smallest absolute Gasteiger partial charge is 0.274 e. The number of nitrogens with zero attached hydrogens (tertiary/aromatic N) is 3. The summed E-state index contributed by atoms with van der Waals surface area (Å²) >= 11 is 0. The van der Waals surface area contributed by atoms with Gasteiger partial charge < -0.3 is 10.6 Å². The summed E-state index contributed by atoms with van der Waals surface area (Å²) in [6.07, 6.45) is 8.19. The normalized spacial score (nSPS) is 16.5. The fraction of sp³-hybridized carbons (Fsp3) is 0.538. The number of carbonyl (C=O) groups is 2. The van der Waals surface area contributed by atoms with Gasteiger partial charge in [0.15, 0.2) is 0 Å². The summed E-state index contributed by atoms with van der Waals surface area (Å²) in [5, 5.41) is 0. The number of aromatic nitrogens is 2. The Labute approximate surface area is 112 Å². The van der Waals surface area contributed by atoms with Crippen molar-refractivity contribution in [2.24, 2.45) is 5.73 Å². The van der Waals surface area contributed by atoms with Crippen LogP contribution in [0.25, 0.3) is 0 Å². The molecule has 0 saturated carbocycles. The fourth-order valence-electron chi connectivity index (χ4n) is 2.18. The van der Waals surface area contributed by atoms with Gasteiger partial charge in [0, 0.05) is 13.1 Å². The Balaban J connectivity index is 2.06. The Morgan fingerprint density at radius 1 is 0.947 bits per heavy atom. The summed E-state index contributed by atoms with van der Waals surface area (Å²) in [6, 6.07) is 0. The Morgan fingerprint density at radius 3 is 2.00 bits per heavy atom. The Morgan fingerprint density at radius 2 is 1.47 bits per heavy atom. The number of amides is 2. The van der Waals surface area contributed by atoms with Crippen molar-refractivity contribution >= 4 is 11.8 Å². The van der Waals surface area contributed by atoms with Crippen LogP contribution in [0.4, 0.5) is 0 Å². The van der Waals surface area contributed by atoms with E-state index in [1.54, 1.807) is 0 Å². The van der Waals surface area contributed by atoms with Crippen LogP contribution < -0.4 is 5.73 Å². The van der Waals surface area contributed by atoms with Gasteiger partial charge in [0.25, 0.3) is 11.8 Å². The van der Waals surface area contributed by atoms with Crippen LogP contribution in [-0.2, 0) is 0 Å². The van der Waals surface area contributed by atoms with Gasteiger partial charge in [0.05, 0.1) is 12.4 Å². The zero-order chi connectivity index (χ0) is 13.7. The van der Waals surface area contributed by atoms with Gasteiger partial charge in [-0.1, -0.05) is 19.3 Å². The van der Waals surface area contributed by atoms with Gasteiger partial charge in [-0.2, -0.15) is 0 Å². The van der Waals surface area contributed by atoms with Gasteiger partial charge in [0.1, 0.15) is 11.4 Å². The second-order valence-corrected chi connectivity index (χ2v) is 4.71. The van der Waals surface area contributed by atoms with Crippen molar-refractivity contribution in [3.05, 3.63) is 23.8 Å². The molecule has 1 saturated heterocycles. The lowest BCUT2D eigenvalue weighted by Gasteiger charge is -2.24. The summed E-state index contributed by atoms with van der Waals surface area (Å²) in [6.45, 7) is 1.52. The second kappa shape index (κ2) is 6.26. The van der Waals surface area contributed by atoms with Crippen LogP contribution in [0.1, 0.15) is 53.1 Å². The van der Waals surface area contributed by atoms with E-state index in [2.05, 4.69) is 9.97 Å². The molecule has 0 radical (unpaired) electrons. The molecule has 0 spiro atoms. The molecule has 0 aromatic carbocycles. The first-order valence-corrected chi connectivity index (χ1v) is 6.59. The van der Waals surface area contributed by atoms with E-state index in [0.717, 1.165) is 38.8 Å². The van der Waals surface area contributed by atoms with Gasteiger partial charge in [-0.15, -0.1) is 0 Å². The third kappa shape index (κ3) is 3.49. The van der Waals surface area contributed by atoms with Crippen LogP contribution in [0.2, 0.25) is 0 Å². The van der Waals surface area contributed by atoms with E-state index in [1.165, 1.54) is 18.8 Å². The molecule has 2 amide bonds. The predicted octanol–water partition coefficient (Wildman–Crippen LogP) is 0.982. The molecule has 0 bridgehead atoms. The van der Waals surface area contributed by atoms with E-state index in [-0.39, 0.29) is 17.3 Å². The molecule has 2 rings (SSSR count). The van der Waals surface area contributed by atoms with E-state index in [4.69, 9.17) is 5.73 Å². The quantitative estimate of drug-likeness (QED) is 0.860. The lowest BCUT2D eigenvalue weighted by molar-refractivity contribution is 0.0735. The zero-order valence-corrected chi connectivity index (χ0v) is 10.8. The van der Waals surface area contributed by atoms with Gasteiger partial charge in [-0.3, -0.25) is 9.59 Å². The molecule has 2 N–H and O–H groups in total. The molecule has 6 heteroatoms. The molecule has 1 aliphatic rings. The molecule has 1 aromatic heterocycles. The molecular weight excluding hydrogens is 244 g/mol. The number of nitrogens with two attached hydrogens (primary N) is 1. The first-order valence-electron chi connectivity index (χ1n) is 6.59. The summed E-state index contributed by atoms with van der Waals surface area (Å²) in [5.41, 5.74) is 5.43. The van der Waals surface area contributed by atoms with Crippen LogP contribution in [0.3, 0.4) is 0 Å². The maximum Gasteiger partial charge on any atom is 0.274 e. The summed E-state index contributed by atoms with van der Waals surface area (Å²) in [7, 11) is 0. The lowest BCUT2D eigenvalue weighted by Crippen LogP contribution is -2.34. The molecule has 6 nitrogen and oxygen atoms in total. The first kappa shape index (κ1) is 13.5. The van der Waals surface area contributed by atoms with E-state index < -0.39 is 5.91 Å². The first-order chi connectivity index (χ1) is 9.18. The molecule has 1 aliphatic heterocycles. The number of hydrogen-bond donors (Lipinski definition) is 1. The molecule has 2 heterocycles. The number of hydrogen-bond acceptors (Lipinski definition) is 4. The van der Waals surface area contributed by atoms with Crippen molar-refractivity contribution in [2.75, 3.05) is 13.1 Å². The number of rotatable bonds is 2. The van der Waals surface area contributed by atoms with Crippen molar-refractivity contribution in [1.29, 1.82) is 0 Å². The molecule has 102 valence electrons. The van der Waals surface area contributed by atoms with Crippen molar-refractivity contribution in [3.63, 3.8) is 0 Å². The number of primary amides is 1. The van der Waals surface area contributed by atoms with Crippen molar-refractivity contribution in [1.82, 2.24) is 14.9 Å². The molecule has 0 aliphatic carbocycles. The highest BCUT2D eigenvalue weighted by Gasteiger charge is 2.18. The maximum absolute atomic E-state index is 12.3. The third-order valence-electron chi connectivity index (χ3n) is 3.27. The standard InChI is InChI=1S/C13H18N4O2/c14-12(18)10-8-16-11(9-15-10)13(19)17-6-4-2-1-3-5-7-17/h8-9H,1-7H2,(H2,14,18). The van der Waals surface area contributed by atoms with Crippen molar-refractivity contribution in [2.45, 2.75) is 32.1 Å². The maximum atomic E-state index is 12.3. The largest absolute Gasteiger partial charge is 0.364 e. The average molecular weight is 262 g/mol. The van der Waals surface area contributed by atoms with Gasteiger partial charge in [-0.05, 0) is 12.8 Å². The molecular formula is C13H18N4O2. The second-order valence-electron chi connectivity index (χ2n) is 4.71. The van der Waals surface area contributed by atoms with Crippen LogP contribution in [0.5, 0.6) is 0 Å². The van der Waals surface area contributed by atoms with Crippen molar-refractivity contribution < 1.29 is 9.59 Å². The summed E-state index contributed by atoms with van der Waals surface area (Å²) in [4.78, 5) is 32.8. The lowest BCUT2D eigenvalue weighted by atomic mass is 10.1. The molecule has 1 aromatic rings. The number of likely N-dealkylation sites (tertiary alicyclic amines) is 1. The highest BCUT2D eigenvalue weighted by atomic mass is 16.2. The summed E-state index contributed by atoms with van der Waals surface area (Å²) < 4.78 is 0. The third-order valence-corrected chi connectivity index (χ3v) is 3.27. The fourth-order valence-corrected chi connectivity index (χ4v) is 2.18. The van der Waals surface area contributed by atoms with Crippen LogP contribution >= 0.6 is 0 Å². The highest BCUT2D eigenvalue weighted by Crippen LogP contribution is 2.12. The predicted molar refractivity (Wildman–Crippen MR) is 69.5 cm³/mol. The van der Waals surface area contributed by atoms with Gasteiger partial charge in [-0.25, -0.2) is 9.97 Å². The molecule has 19 heavy (non-hydrogen) atoms. The summed E-state index contributed by atoms with van der Waals surface area (Å²) in [5.74, 6) is -0.761. The van der Waals surface area contributed by atoms with Crippen molar-refractivity contribution in [3.8, 4) is 0 Å². The number of carbonyl (C=O) groups excluding carboxylic acids is 2. The topological polar surface area (TPSA) is 89.2 Å². The van der Waals surface area contributed by atoms with Crippen LogP contribution in [-0.4, -0.2) is 39.8 Å². The van der Waals surface area contributed by atoms with E-state index in [0.29, 0.717) is 0 Å². The van der Waals surface area contributed by atoms with Gasteiger partial charge in [0.2, 0.25) is 0 Å². The molecule has 0 atom stereocenters. The Bertz CT molecular complexity index is 450. The minimum Gasteiger partial charge on any atom is -0.364 e. The SMILES string of the molecule is NC(=O)c1cnc(C(=O)N2CCCCCCC2)cn1. The molecule has 0 unspecified atom stereocenters. The van der Waals surface area contributed by atoms with E-state index >= 15 is 0 Å². The van der Waals surface area contributed by atoms with E-state index in [9.17, 15) is 9.59 Å². The Hall–Kier alpha value is -1.98. The zero-order valence-electron chi connectivity index (χ0n) is 10.8. The van der Waals surface area contributed by atoms with E-state index in [1.807, 2.05) is 4.90 Å². The molecule has 1 fully saturated rings. The average Bonchev–Trinajstić information content (AvgIpc) is 2.38. The van der Waals surface area contributed by atoms with Crippen LogP contribution in [0.15, 0.2) is 12.4 Å². The van der Waals surface area contributed by atoms with Crippen LogP contribution in [0, 0.1) is 0 Å². The van der Waals surface area contributed by atoms with Gasteiger partial charge >= 0.3 is 0 Å². The monoisotopic (exact) mass is 262 g/mol. The highest BCUT2D eigenvalue weighted by molar-refractivity contribution is 5.93. The Kier molecular flexibility index (Phi) is 4.43. The minimum absolute atomic E-state index is 0.0733. The minimum atomic E-state index is -0.641.